The Balaban J connectivity index is 1.77. The fraction of sp³-hybridized carbons (Fsp3) is 0.188. The molecule has 0 spiro atoms. The van der Waals surface area contributed by atoms with Gasteiger partial charge in [0.1, 0.15) is 5.75 Å². The molecular formula is C16H15NO2S2. The Kier molecular flexibility index (Phi) is 4.03. The fourth-order valence-corrected chi connectivity index (χ4v) is 3.68. The molecule has 0 fully saturated rings. The van der Waals surface area contributed by atoms with E-state index in [4.69, 9.17) is 4.42 Å². The summed E-state index contributed by atoms with van der Waals surface area (Å²) in [6, 6.07) is 9.82. The third-order valence-electron chi connectivity index (χ3n) is 3.31. The van der Waals surface area contributed by atoms with Crippen molar-refractivity contribution >= 4 is 22.1 Å². The van der Waals surface area contributed by atoms with Gasteiger partial charge in [0, 0.05) is 4.90 Å². The van der Waals surface area contributed by atoms with Crippen molar-refractivity contribution in [2.45, 2.75) is 24.5 Å². The van der Waals surface area contributed by atoms with Gasteiger partial charge >= 0.3 is 0 Å². The molecule has 3 aromatic rings. The highest BCUT2D eigenvalue weighted by Gasteiger charge is 2.12. The summed E-state index contributed by atoms with van der Waals surface area (Å²) in [5.74, 6) is 1.54. The highest BCUT2D eigenvalue weighted by atomic mass is 32.2. The smallest absolute Gasteiger partial charge is 0.207 e. The van der Waals surface area contributed by atoms with Crippen LogP contribution in [0.1, 0.15) is 17.0 Å². The van der Waals surface area contributed by atoms with Crippen LogP contribution in [0.2, 0.25) is 0 Å². The minimum absolute atomic E-state index is 0.299. The van der Waals surface area contributed by atoms with Crippen molar-refractivity contribution in [3.8, 4) is 10.6 Å². The van der Waals surface area contributed by atoms with E-state index in [1.165, 1.54) is 5.56 Å². The first kappa shape index (κ1) is 14.2. The maximum Gasteiger partial charge on any atom is 0.207 e. The Labute approximate surface area is 130 Å². The zero-order valence-corrected chi connectivity index (χ0v) is 13.5. The summed E-state index contributed by atoms with van der Waals surface area (Å²) in [6.07, 6.45) is 1.69. The minimum Gasteiger partial charge on any atom is -0.439 e. The summed E-state index contributed by atoms with van der Waals surface area (Å²) in [5, 5.41) is 1.99. The maximum atomic E-state index is 12.4. The Morgan fingerprint density at radius 2 is 2.10 bits per heavy atom. The van der Waals surface area contributed by atoms with Gasteiger partial charge in [0.15, 0.2) is 5.76 Å². The number of benzene rings is 1. The van der Waals surface area contributed by atoms with Crippen molar-refractivity contribution in [3.63, 3.8) is 0 Å². The largest absolute Gasteiger partial charge is 0.439 e. The lowest BCUT2D eigenvalue weighted by Crippen LogP contribution is -1.97. The number of aromatic nitrogens is 1. The molecule has 21 heavy (non-hydrogen) atoms. The van der Waals surface area contributed by atoms with E-state index >= 15 is 0 Å². The summed E-state index contributed by atoms with van der Waals surface area (Å²) in [6.45, 7) is 4.07. The van der Waals surface area contributed by atoms with Gasteiger partial charge in [-0.3, -0.25) is 4.21 Å². The Morgan fingerprint density at radius 1 is 1.24 bits per heavy atom. The highest BCUT2D eigenvalue weighted by Crippen LogP contribution is 2.26. The van der Waals surface area contributed by atoms with E-state index in [1.807, 2.05) is 49.6 Å². The molecule has 0 N–H and O–H groups in total. The maximum absolute atomic E-state index is 12.4. The molecule has 0 radical (unpaired) electrons. The van der Waals surface area contributed by atoms with Crippen LogP contribution in [-0.4, -0.2) is 9.19 Å². The molecule has 3 rings (SSSR count). The van der Waals surface area contributed by atoms with E-state index in [0.29, 0.717) is 11.6 Å². The van der Waals surface area contributed by atoms with Gasteiger partial charge < -0.3 is 4.42 Å². The fourth-order valence-electron chi connectivity index (χ4n) is 1.96. The first-order chi connectivity index (χ1) is 10.1. The van der Waals surface area contributed by atoms with Crippen LogP contribution in [0.3, 0.4) is 0 Å². The number of thiophene rings is 1. The summed E-state index contributed by atoms with van der Waals surface area (Å²) in [5.41, 5.74) is 2.35. The van der Waals surface area contributed by atoms with Gasteiger partial charge in [-0.1, -0.05) is 12.1 Å². The third-order valence-corrected chi connectivity index (χ3v) is 5.49. The van der Waals surface area contributed by atoms with Crippen LogP contribution in [0.5, 0.6) is 0 Å². The van der Waals surface area contributed by atoms with Gasteiger partial charge in [0.25, 0.3) is 0 Å². The van der Waals surface area contributed by atoms with Crippen LogP contribution in [0.4, 0.5) is 0 Å². The monoisotopic (exact) mass is 317 g/mol. The summed E-state index contributed by atoms with van der Waals surface area (Å²) < 4.78 is 18.1. The molecule has 0 saturated heterocycles. The van der Waals surface area contributed by atoms with E-state index in [2.05, 4.69) is 4.98 Å². The van der Waals surface area contributed by atoms with Gasteiger partial charge in [-0.05, 0) is 48.6 Å². The predicted octanol–water partition coefficient (Wildman–Crippen LogP) is 4.33. The van der Waals surface area contributed by atoms with E-state index in [0.717, 1.165) is 21.1 Å². The molecule has 0 amide bonds. The van der Waals surface area contributed by atoms with Gasteiger partial charge in [0.05, 0.1) is 21.9 Å². The average Bonchev–Trinajstić information content (AvgIpc) is 3.12. The Morgan fingerprint density at radius 3 is 2.81 bits per heavy atom. The SMILES string of the molecule is Cc1ccc([S@@](=O)Cc2ncc(-c3cccs3)o2)cc1C. The van der Waals surface area contributed by atoms with Gasteiger partial charge in [-0.15, -0.1) is 11.3 Å². The number of hydrogen-bond acceptors (Lipinski definition) is 4. The van der Waals surface area contributed by atoms with Crippen LogP contribution in [0, 0.1) is 13.8 Å². The summed E-state index contributed by atoms with van der Waals surface area (Å²) in [4.78, 5) is 6.07. The van der Waals surface area contributed by atoms with Crippen LogP contribution < -0.4 is 0 Å². The average molecular weight is 317 g/mol. The molecular weight excluding hydrogens is 302 g/mol. The van der Waals surface area contributed by atoms with Crippen LogP contribution in [0.25, 0.3) is 10.6 Å². The molecule has 0 unspecified atom stereocenters. The van der Waals surface area contributed by atoms with Gasteiger partial charge in [-0.25, -0.2) is 4.98 Å². The molecule has 0 saturated carbocycles. The standard InChI is InChI=1S/C16H15NO2S2/c1-11-5-6-13(8-12(11)2)21(18)10-16-17-9-14(19-16)15-4-3-7-20-15/h3-9H,10H2,1-2H3/t21-/m0/s1. The number of hydrogen-bond donors (Lipinski definition) is 0. The van der Waals surface area contributed by atoms with Crippen LogP contribution >= 0.6 is 11.3 Å². The minimum atomic E-state index is -1.14. The number of aryl methyl sites for hydroxylation is 2. The van der Waals surface area contributed by atoms with Gasteiger partial charge in [-0.2, -0.15) is 0 Å². The molecule has 0 aliphatic rings. The topological polar surface area (TPSA) is 43.1 Å². The summed E-state index contributed by atoms with van der Waals surface area (Å²) >= 11 is 1.60. The van der Waals surface area contributed by atoms with Crippen molar-refractivity contribution in [1.29, 1.82) is 0 Å². The Hall–Kier alpha value is -1.72. The second-order valence-electron chi connectivity index (χ2n) is 4.83. The molecule has 0 aliphatic carbocycles. The first-order valence-electron chi connectivity index (χ1n) is 6.57. The zero-order chi connectivity index (χ0) is 14.8. The molecule has 1 atom stereocenters. The van der Waals surface area contributed by atoms with E-state index in [-0.39, 0.29) is 0 Å². The van der Waals surface area contributed by atoms with Crippen LogP contribution in [-0.2, 0) is 16.6 Å². The molecule has 5 heteroatoms. The number of rotatable bonds is 4. The first-order valence-corrected chi connectivity index (χ1v) is 8.77. The third kappa shape index (κ3) is 3.14. The normalized spacial score (nSPS) is 12.5. The van der Waals surface area contributed by atoms with Crippen LogP contribution in [0.15, 0.2) is 51.2 Å². The number of oxazole rings is 1. The van der Waals surface area contributed by atoms with E-state index in [9.17, 15) is 4.21 Å². The molecule has 2 heterocycles. The van der Waals surface area contributed by atoms with Crippen molar-refractivity contribution < 1.29 is 8.63 Å². The molecule has 108 valence electrons. The quantitative estimate of drug-likeness (QED) is 0.719. The highest BCUT2D eigenvalue weighted by molar-refractivity contribution is 7.84. The van der Waals surface area contributed by atoms with E-state index in [1.54, 1.807) is 17.5 Å². The lowest BCUT2D eigenvalue weighted by molar-refractivity contribution is 0.528. The lowest BCUT2D eigenvalue weighted by Gasteiger charge is -2.04. The van der Waals surface area contributed by atoms with Gasteiger partial charge in [0.2, 0.25) is 5.89 Å². The number of nitrogens with zero attached hydrogens (tertiary/aromatic N) is 1. The predicted molar refractivity (Wildman–Crippen MR) is 85.8 cm³/mol. The van der Waals surface area contributed by atoms with Crippen molar-refractivity contribution in [1.82, 2.24) is 4.98 Å². The molecule has 0 aliphatic heterocycles. The molecule has 2 aromatic heterocycles. The molecule has 3 nitrogen and oxygen atoms in total. The Bertz CT molecular complexity index is 775. The van der Waals surface area contributed by atoms with Crippen molar-refractivity contribution in [2.75, 3.05) is 0 Å². The molecule has 0 bridgehead atoms. The van der Waals surface area contributed by atoms with Crippen molar-refractivity contribution in [2.24, 2.45) is 0 Å². The van der Waals surface area contributed by atoms with Crippen molar-refractivity contribution in [3.05, 3.63) is 58.9 Å². The second-order valence-corrected chi connectivity index (χ2v) is 7.23. The second kappa shape index (κ2) is 5.95. The lowest BCUT2D eigenvalue weighted by atomic mass is 10.1. The van der Waals surface area contributed by atoms with E-state index < -0.39 is 10.8 Å². The zero-order valence-electron chi connectivity index (χ0n) is 11.8. The molecule has 1 aromatic carbocycles. The summed E-state index contributed by atoms with van der Waals surface area (Å²) in [7, 11) is -1.14.